The van der Waals surface area contributed by atoms with Gasteiger partial charge in [-0.05, 0) is 18.4 Å². The molecule has 106 valence electrons. The van der Waals surface area contributed by atoms with E-state index in [9.17, 15) is 0 Å². The Kier molecular flexibility index (Phi) is 3.00. The van der Waals surface area contributed by atoms with Crippen molar-refractivity contribution in [2.24, 2.45) is 11.7 Å². The van der Waals surface area contributed by atoms with E-state index in [1.54, 1.807) is 0 Å². The number of fused-ring (bicyclic) bond motifs is 3. The largest absolute Gasteiger partial charge is 0.368 e. The first-order chi connectivity index (χ1) is 9.83. The summed E-state index contributed by atoms with van der Waals surface area (Å²) < 4.78 is 8.11. The van der Waals surface area contributed by atoms with Crippen molar-refractivity contribution in [1.29, 1.82) is 0 Å². The molecule has 4 nitrogen and oxygen atoms in total. The quantitative estimate of drug-likeness (QED) is 0.933. The Morgan fingerprint density at radius 1 is 1.35 bits per heavy atom. The lowest BCUT2D eigenvalue weighted by Crippen LogP contribution is -2.38. The fraction of sp³-hybridized carbons (Fsp3) is 0.562. The lowest BCUT2D eigenvalue weighted by Gasteiger charge is -2.34. The number of hydrogen-bond acceptors (Lipinski definition) is 3. The van der Waals surface area contributed by atoms with Crippen molar-refractivity contribution in [3.8, 4) is 0 Å². The standard InChI is InChI=1S/C16H21N3O/c17-13(10-11-4-3-5-11)16-15-12-6-1-2-7-14(12)18-19(15)8-9-20-16/h1-2,6-7,11,13,16H,3-5,8-10,17H2/t13-,16?/m1/s1. The van der Waals surface area contributed by atoms with E-state index in [0.717, 1.165) is 24.4 Å². The van der Waals surface area contributed by atoms with E-state index in [4.69, 9.17) is 10.5 Å². The van der Waals surface area contributed by atoms with Gasteiger partial charge in [-0.1, -0.05) is 37.5 Å². The van der Waals surface area contributed by atoms with Crippen LogP contribution in [-0.2, 0) is 11.3 Å². The molecule has 1 aliphatic carbocycles. The molecule has 1 aromatic heterocycles. The van der Waals surface area contributed by atoms with Crippen molar-refractivity contribution in [2.75, 3.05) is 6.61 Å². The molecule has 2 heterocycles. The Labute approximate surface area is 118 Å². The predicted octanol–water partition coefficient (Wildman–Crippen LogP) is 2.63. The molecule has 2 atom stereocenters. The summed E-state index contributed by atoms with van der Waals surface area (Å²) in [7, 11) is 0. The number of ether oxygens (including phenoxy) is 1. The van der Waals surface area contributed by atoms with Crippen LogP contribution in [0.1, 0.15) is 37.5 Å². The average molecular weight is 271 g/mol. The van der Waals surface area contributed by atoms with Gasteiger partial charge in [-0.25, -0.2) is 0 Å². The second-order valence-electron chi connectivity index (χ2n) is 6.11. The summed E-state index contributed by atoms with van der Waals surface area (Å²) in [5.41, 5.74) is 8.69. The minimum Gasteiger partial charge on any atom is -0.368 e. The smallest absolute Gasteiger partial charge is 0.115 e. The summed E-state index contributed by atoms with van der Waals surface area (Å²) in [6.45, 7) is 1.54. The number of rotatable bonds is 3. The molecule has 0 saturated heterocycles. The monoisotopic (exact) mass is 271 g/mol. The highest BCUT2D eigenvalue weighted by Crippen LogP contribution is 2.36. The van der Waals surface area contributed by atoms with Gasteiger partial charge in [0.2, 0.25) is 0 Å². The lowest BCUT2D eigenvalue weighted by molar-refractivity contribution is -0.00532. The van der Waals surface area contributed by atoms with Gasteiger partial charge >= 0.3 is 0 Å². The molecular weight excluding hydrogens is 250 g/mol. The Bertz CT molecular complexity index is 617. The molecule has 1 aromatic carbocycles. The third kappa shape index (κ3) is 1.95. The van der Waals surface area contributed by atoms with Crippen LogP contribution in [0.5, 0.6) is 0 Å². The Morgan fingerprint density at radius 2 is 2.20 bits per heavy atom. The average Bonchev–Trinajstić information content (AvgIpc) is 2.81. The van der Waals surface area contributed by atoms with Crippen molar-refractivity contribution < 1.29 is 4.74 Å². The van der Waals surface area contributed by atoms with Crippen LogP contribution >= 0.6 is 0 Å². The van der Waals surface area contributed by atoms with E-state index in [-0.39, 0.29) is 12.1 Å². The number of aromatic nitrogens is 2. The number of nitrogens with two attached hydrogens (primary N) is 1. The van der Waals surface area contributed by atoms with Gasteiger partial charge in [0.15, 0.2) is 0 Å². The maximum atomic E-state index is 6.46. The Hall–Kier alpha value is -1.39. The summed E-state index contributed by atoms with van der Waals surface area (Å²) >= 11 is 0. The molecular formula is C16H21N3O. The molecule has 1 aliphatic heterocycles. The predicted molar refractivity (Wildman–Crippen MR) is 78.4 cm³/mol. The molecule has 1 unspecified atom stereocenters. The zero-order valence-corrected chi connectivity index (χ0v) is 11.7. The first-order valence-corrected chi connectivity index (χ1v) is 7.65. The van der Waals surface area contributed by atoms with Gasteiger partial charge in [-0.2, -0.15) is 5.10 Å². The molecule has 0 radical (unpaired) electrons. The van der Waals surface area contributed by atoms with Crippen molar-refractivity contribution in [3.63, 3.8) is 0 Å². The summed E-state index contributed by atoms with van der Waals surface area (Å²) in [6, 6.07) is 8.38. The van der Waals surface area contributed by atoms with Crippen molar-refractivity contribution in [1.82, 2.24) is 9.78 Å². The third-order valence-corrected chi connectivity index (χ3v) is 4.78. The number of hydrogen-bond donors (Lipinski definition) is 1. The van der Waals surface area contributed by atoms with E-state index < -0.39 is 0 Å². The van der Waals surface area contributed by atoms with Gasteiger partial charge < -0.3 is 10.5 Å². The van der Waals surface area contributed by atoms with Gasteiger partial charge in [0.25, 0.3) is 0 Å². The fourth-order valence-corrected chi connectivity index (χ4v) is 3.48. The van der Waals surface area contributed by atoms with Gasteiger partial charge in [-0.15, -0.1) is 0 Å². The molecule has 2 aromatic rings. The van der Waals surface area contributed by atoms with Crippen LogP contribution in [0.4, 0.5) is 0 Å². The Balaban J connectivity index is 1.69. The molecule has 2 N–H and O–H groups in total. The lowest BCUT2D eigenvalue weighted by atomic mass is 9.79. The third-order valence-electron chi connectivity index (χ3n) is 4.78. The maximum Gasteiger partial charge on any atom is 0.115 e. The van der Waals surface area contributed by atoms with Gasteiger partial charge in [0.05, 0.1) is 24.4 Å². The molecule has 2 aliphatic rings. The van der Waals surface area contributed by atoms with Crippen molar-refractivity contribution in [2.45, 2.75) is 44.4 Å². The molecule has 1 fully saturated rings. The highest BCUT2D eigenvalue weighted by Gasteiger charge is 2.32. The first kappa shape index (κ1) is 12.4. The molecule has 0 spiro atoms. The van der Waals surface area contributed by atoms with E-state index in [1.807, 2.05) is 6.07 Å². The zero-order valence-electron chi connectivity index (χ0n) is 11.7. The Morgan fingerprint density at radius 3 is 3.00 bits per heavy atom. The van der Waals surface area contributed by atoms with Crippen LogP contribution in [-0.4, -0.2) is 22.4 Å². The van der Waals surface area contributed by atoms with Gasteiger partial charge in [-0.3, -0.25) is 4.68 Å². The van der Waals surface area contributed by atoms with E-state index >= 15 is 0 Å². The second kappa shape index (κ2) is 4.86. The van der Waals surface area contributed by atoms with E-state index in [0.29, 0.717) is 6.61 Å². The van der Waals surface area contributed by atoms with Crippen LogP contribution in [0, 0.1) is 5.92 Å². The molecule has 0 amide bonds. The molecule has 4 rings (SSSR count). The molecule has 1 saturated carbocycles. The highest BCUT2D eigenvalue weighted by atomic mass is 16.5. The van der Waals surface area contributed by atoms with Crippen LogP contribution in [0.15, 0.2) is 24.3 Å². The molecule has 0 bridgehead atoms. The van der Waals surface area contributed by atoms with Crippen LogP contribution in [0.3, 0.4) is 0 Å². The summed E-state index contributed by atoms with van der Waals surface area (Å²) in [5, 5.41) is 5.88. The summed E-state index contributed by atoms with van der Waals surface area (Å²) in [4.78, 5) is 0. The van der Waals surface area contributed by atoms with Gasteiger partial charge in [0.1, 0.15) is 6.10 Å². The van der Waals surface area contributed by atoms with Crippen molar-refractivity contribution in [3.05, 3.63) is 30.0 Å². The summed E-state index contributed by atoms with van der Waals surface area (Å²) in [5.74, 6) is 0.804. The van der Waals surface area contributed by atoms with Crippen molar-refractivity contribution >= 4 is 10.9 Å². The topological polar surface area (TPSA) is 53.1 Å². The fourth-order valence-electron chi connectivity index (χ4n) is 3.48. The molecule has 20 heavy (non-hydrogen) atoms. The van der Waals surface area contributed by atoms with Crippen LogP contribution in [0.2, 0.25) is 0 Å². The minimum absolute atomic E-state index is 0.00301. The van der Waals surface area contributed by atoms with Gasteiger partial charge in [0, 0.05) is 11.4 Å². The van der Waals surface area contributed by atoms with E-state index in [1.165, 1.54) is 30.3 Å². The zero-order chi connectivity index (χ0) is 13.5. The maximum absolute atomic E-state index is 6.46. The van der Waals surface area contributed by atoms with E-state index in [2.05, 4.69) is 28.0 Å². The number of nitrogens with zero attached hydrogens (tertiary/aromatic N) is 2. The van der Waals surface area contributed by atoms with Crippen LogP contribution in [0.25, 0.3) is 10.9 Å². The SMILES string of the molecule is N[C@H](CC1CCC1)C1OCCn2nc3ccccc3c21. The highest BCUT2D eigenvalue weighted by molar-refractivity contribution is 5.82. The normalized spacial score (nSPS) is 24.4. The molecule has 4 heteroatoms. The summed E-state index contributed by atoms with van der Waals surface area (Å²) in [6.07, 6.45) is 5.10. The van der Waals surface area contributed by atoms with Crippen LogP contribution < -0.4 is 5.73 Å². The minimum atomic E-state index is -0.00301. The number of benzene rings is 1. The first-order valence-electron chi connectivity index (χ1n) is 7.65. The second-order valence-corrected chi connectivity index (χ2v) is 6.11.